The normalized spacial score (nSPS) is 25.8. The van der Waals surface area contributed by atoms with Crippen LogP contribution in [0, 0.1) is 11.8 Å². The van der Waals surface area contributed by atoms with E-state index in [1.807, 2.05) is 6.20 Å². The Hall–Kier alpha value is -1.09. The molecular formula is C13H21N3. The molecule has 0 aromatic carbocycles. The standard InChI is InChI=1S/C13H21N3/c1-10-5-11(2)9-16(8-10)13-4-3-12(6-14)7-15-13/h3-4,7,10-11H,5-6,8-9,14H2,1-2H3. The van der Waals surface area contributed by atoms with Gasteiger partial charge in [-0.1, -0.05) is 19.9 Å². The molecule has 1 aromatic heterocycles. The highest BCUT2D eigenvalue weighted by atomic mass is 15.2. The van der Waals surface area contributed by atoms with Crippen molar-refractivity contribution in [2.75, 3.05) is 18.0 Å². The molecule has 2 atom stereocenters. The molecule has 88 valence electrons. The van der Waals surface area contributed by atoms with E-state index in [4.69, 9.17) is 5.73 Å². The fraction of sp³-hybridized carbons (Fsp3) is 0.615. The van der Waals surface area contributed by atoms with Gasteiger partial charge in [0.2, 0.25) is 0 Å². The third-order valence-electron chi connectivity index (χ3n) is 3.24. The zero-order valence-corrected chi connectivity index (χ0v) is 10.2. The van der Waals surface area contributed by atoms with Gasteiger partial charge in [0.1, 0.15) is 5.82 Å². The van der Waals surface area contributed by atoms with Gasteiger partial charge >= 0.3 is 0 Å². The fourth-order valence-electron chi connectivity index (χ4n) is 2.57. The molecule has 1 saturated heterocycles. The first-order valence-electron chi connectivity index (χ1n) is 6.09. The molecule has 0 aliphatic carbocycles. The molecular weight excluding hydrogens is 198 g/mol. The maximum atomic E-state index is 5.57. The average molecular weight is 219 g/mol. The summed E-state index contributed by atoms with van der Waals surface area (Å²) in [5, 5.41) is 0. The third-order valence-corrected chi connectivity index (χ3v) is 3.24. The van der Waals surface area contributed by atoms with Crippen molar-refractivity contribution < 1.29 is 0 Å². The molecule has 3 heteroatoms. The Bertz CT molecular complexity index is 324. The lowest BCUT2D eigenvalue weighted by molar-refractivity contribution is 0.355. The van der Waals surface area contributed by atoms with Crippen LogP contribution >= 0.6 is 0 Å². The molecule has 0 spiro atoms. The van der Waals surface area contributed by atoms with Gasteiger partial charge < -0.3 is 10.6 Å². The van der Waals surface area contributed by atoms with E-state index >= 15 is 0 Å². The maximum absolute atomic E-state index is 5.57. The molecule has 2 rings (SSSR count). The molecule has 1 aromatic rings. The van der Waals surface area contributed by atoms with E-state index in [0.717, 1.165) is 36.3 Å². The number of aromatic nitrogens is 1. The number of hydrogen-bond acceptors (Lipinski definition) is 3. The Kier molecular flexibility index (Phi) is 3.44. The third kappa shape index (κ3) is 2.53. The zero-order valence-electron chi connectivity index (χ0n) is 10.2. The van der Waals surface area contributed by atoms with E-state index < -0.39 is 0 Å². The molecule has 0 bridgehead atoms. The summed E-state index contributed by atoms with van der Waals surface area (Å²) < 4.78 is 0. The molecule has 2 unspecified atom stereocenters. The van der Waals surface area contributed by atoms with Gasteiger partial charge in [0.05, 0.1) is 0 Å². The first-order valence-corrected chi connectivity index (χ1v) is 6.09. The molecule has 0 amide bonds. The van der Waals surface area contributed by atoms with Gasteiger partial charge in [-0.2, -0.15) is 0 Å². The second kappa shape index (κ2) is 4.83. The summed E-state index contributed by atoms with van der Waals surface area (Å²) in [6, 6.07) is 4.17. The van der Waals surface area contributed by atoms with Gasteiger partial charge in [-0.05, 0) is 29.9 Å². The molecule has 2 heterocycles. The van der Waals surface area contributed by atoms with Gasteiger partial charge in [-0.15, -0.1) is 0 Å². The predicted molar refractivity (Wildman–Crippen MR) is 67.3 cm³/mol. The molecule has 1 aliphatic rings. The summed E-state index contributed by atoms with van der Waals surface area (Å²) in [6.07, 6.45) is 3.22. The van der Waals surface area contributed by atoms with Crippen molar-refractivity contribution in [2.45, 2.75) is 26.8 Å². The molecule has 16 heavy (non-hydrogen) atoms. The highest BCUT2D eigenvalue weighted by Crippen LogP contribution is 2.24. The second-order valence-corrected chi connectivity index (χ2v) is 5.08. The monoisotopic (exact) mass is 219 g/mol. The first kappa shape index (κ1) is 11.4. The van der Waals surface area contributed by atoms with Crippen molar-refractivity contribution in [3.8, 4) is 0 Å². The summed E-state index contributed by atoms with van der Waals surface area (Å²) in [5.41, 5.74) is 6.67. The van der Waals surface area contributed by atoms with Crippen LogP contribution in [0.15, 0.2) is 18.3 Å². The number of piperidine rings is 1. The van der Waals surface area contributed by atoms with E-state index in [0.29, 0.717) is 6.54 Å². The van der Waals surface area contributed by atoms with Gasteiger partial charge in [0, 0.05) is 25.8 Å². The first-order chi connectivity index (χ1) is 7.69. The van der Waals surface area contributed by atoms with Crippen LogP contribution in [0.25, 0.3) is 0 Å². The smallest absolute Gasteiger partial charge is 0.128 e. The van der Waals surface area contributed by atoms with E-state index in [2.05, 4.69) is 35.9 Å². The lowest BCUT2D eigenvalue weighted by Gasteiger charge is -2.35. The second-order valence-electron chi connectivity index (χ2n) is 5.08. The molecule has 2 N–H and O–H groups in total. The summed E-state index contributed by atoms with van der Waals surface area (Å²) in [5.74, 6) is 2.62. The SMILES string of the molecule is CC1CC(C)CN(c2ccc(CN)cn2)C1. The van der Waals surface area contributed by atoms with Crippen LogP contribution < -0.4 is 10.6 Å². The van der Waals surface area contributed by atoms with Crippen molar-refractivity contribution in [1.29, 1.82) is 0 Å². The van der Waals surface area contributed by atoms with Crippen LogP contribution in [0.3, 0.4) is 0 Å². The van der Waals surface area contributed by atoms with Gasteiger partial charge in [0.15, 0.2) is 0 Å². The van der Waals surface area contributed by atoms with Crippen LogP contribution in [-0.2, 0) is 6.54 Å². The van der Waals surface area contributed by atoms with Crippen LogP contribution in [0.2, 0.25) is 0 Å². The largest absolute Gasteiger partial charge is 0.356 e. The summed E-state index contributed by atoms with van der Waals surface area (Å²) in [6.45, 7) is 7.45. The Labute approximate surface area is 97.7 Å². The van der Waals surface area contributed by atoms with E-state index in [9.17, 15) is 0 Å². The fourth-order valence-corrected chi connectivity index (χ4v) is 2.57. The molecule has 1 fully saturated rings. The predicted octanol–water partition coefficient (Wildman–Crippen LogP) is 2.02. The lowest BCUT2D eigenvalue weighted by atomic mass is 9.92. The van der Waals surface area contributed by atoms with Crippen LogP contribution in [-0.4, -0.2) is 18.1 Å². The van der Waals surface area contributed by atoms with Crippen LogP contribution in [0.1, 0.15) is 25.8 Å². The molecule has 1 aliphatic heterocycles. The van der Waals surface area contributed by atoms with Crippen molar-refractivity contribution >= 4 is 5.82 Å². The van der Waals surface area contributed by atoms with Crippen molar-refractivity contribution in [3.63, 3.8) is 0 Å². The minimum Gasteiger partial charge on any atom is -0.356 e. The van der Waals surface area contributed by atoms with Crippen LogP contribution in [0.4, 0.5) is 5.82 Å². The van der Waals surface area contributed by atoms with Gasteiger partial charge in [-0.25, -0.2) is 4.98 Å². The maximum Gasteiger partial charge on any atom is 0.128 e. The number of nitrogens with zero attached hydrogens (tertiary/aromatic N) is 2. The quantitative estimate of drug-likeness (QED) is 0.827. The molecule has 3 nitrogen and oxygen atoms in total. The highest BCUT2D eigenvalue weighted by Gasteiger charge is 2.22. The summed E-state index contributed by atoms with van der Waals surface area (Å²) in [4.78, 5) is 6.88. The Morgan fingerprint density at radius 2 is 2.00 bits per heavy atom. The average Bonchev–Trinajstić information content (AvgIpc) is 2.28. The highest BCUT2D eigenvalue weighted by molar-refractivity contribution is 5.40. The summed E-state index contributed by atoms with van der Waals surface area (Å²) in [7, 11) is 0. The van der Waals surface area contributed by atoms with Crippen molar-refractivity contribution in [1.82, 2.24) is 4.98 Å². The van der Waals surface area contributed by atoms with Crippen molar-refractivity contribution in [3.05, 3.63) is 23.9 Å². The van der Waals surface area contributed by atoms with Gasteiger partial charge in [0.25, 0.3) is 0 Å². The Balaban J connectivity index is 2.10. The Morgan fingerprint density at radius 3 is 2.50 bits per heavy atom. The topological polar surface area (TPSA) is 42.1 Å². The number of hydrogen-bond donors (Lipinski definition) is 1. The van der Waals surface area contributed by atoms with E-state index in [-0.39, 0.29) is 0 Å². The van der Waals surface area contributed by atoms with Gasteiger partial charge in [-0.3, -0.25) is 0 Å². The summed E-state index contributed by atoms with van der Waals surface area (Å²) >= 11 is 0. The van der Waals surface area contributed by atoms with Crippen molar-refractivity contribution in [2.24, 2.45) is 17.6 Å². The number of anilines is 1. The number of pyridine rings is 1. The van der Waals surface area contributed by atoms with E-state index in [1.54, 1.807) is 0 Å². The zero-order chi connectivity index (χ0) is 11.5. The molecule has 0 radical (unpaired) electrons. The minimum absolute atomic E-state index is 0.570. The number of nitrogens with two attached hydrogens (primary N) is 1. The number of rotatable bonds is 2. The van der Waals surface area contributed by atoms with Crippen LogP contribution in [0.5, 0.6) is 0 Å². The lowest BCUT2D eigenvalue weighted by Crippen LogP contribution is -2.39. The van der Waals surface area contributed by atoms with E-state index in [1.165, 1.54) is 6.42 Å². The minimum atomic E-state index is 0.570. The molecule has 0 saturated carbocycles. The Morgan fingerprint density at radius 1 is 1.31 bits per heavy atom.